The Balaban J connectivity index is 1.83. The first-order chi connectivity index (χ1) is 10.3. The first-order valence-electron chi connectivity index (χ1n) is 7.41. The standard InChI is InChI=1S/C14H19ClN6/c1-2-20-9-6-16-12(20)10-11-17-13(15)19-14(18-11)21-7-4-3-5-8-21/h6,9H,2-5,7-8,10H2,1H3. The minimum atomic E-state index is 0.259. The minimum absolute atomic E-state index is 0.259. The van der Waals surface area contributed by atoms with Gasteiger partial charge in [-0.2, -0.15) is 9.97 Å². The second-order valence-electron chi connectivity index (χ2n) is 5.17. The van der Waals surface area contributed by atoms with E-state index >= 15 is 0 Å². The van der Waals surface area contributed by atoms with Crippen molar-refractivity contribution in [3.05, 3.63) is 29.3 Å². The number of aryl methyl sites for hydroxylation is 1. The van der Waals surface area contributed by atoms with E-state index in [-0.39, 0.29) is 5.28 Å². The van der Waals surface area contributed by atoms with E-state index in [0.717, 1.165) is 25.5 Å². The van der Waals surface area contributed by atoms with Gasteiger partial charge in [-0.15, -0.1) is 0 Å². The van der Waals surface area contributed by atoms with Gasteiger partial charge in [-0.1, -0.05) is 0 Å². The average Bonchev–Trinajstić information content (AvgIpc) is 2.95. The quantitative estimate of drug-likeness (QED) is 0.867. The van der Waals surface area contributed by atoms with E-state index in [1.54, 1.807) is 6.20 Å². The molecule has 2 aromatic heterocycles. The number of halogens is 1. The molecule has 1 aliphatic heterocycles. The van der Waals surface area contributed by atoms with Crippen molar-refractivity contribution in [2.24, 2.45) is 0 Å². The van der Waals surface area contributed by atoms with Crippen LogP contribution in [0, 0.1) is 0 Å². The van der Waals surface area contributed by atoms with Gasteiger partial charge >= 0.3 is 0 Å². The summed E-state index contributed by atoms with van der Waals surface area (Å²) in [5.74, 6) is 2.32. The highest BCUT2D eigenvalue weighted by Gasteiger charge is 2.16. The molecule has 0 radical (unpaired) electrons. The first-order valence-corrected chi connectivity index (χ1v) is 7.79. The van der Waals surface area contributed by atoms with Crippen LogP contribution in [0.5, 0.6) is 0 Å². The zero-order chi connectivity index (χ0) is 14.7. The molecule has 0 aliphatic carbocycles. The van der Waals surface area contributed by atoms with E-state index in [9.17, 15) is 0 Å². The molecule has 0 saturated carbocycles. The third-order valence-electron chi connectivity index (χ3n) is 3.74. The van der Waals surface area contributed by atoms with Crippen LogP contribution in [0.4, 0.5) is 5.95 Å². The number of hydrogen-bond donors (Lipinski definition) is 0. The van der Waals surface area contributed by atoms with Gasteiger partial charge < -0.3 is 9.47 Å². The Morgan fingerprint density at radius 3 is 2.71 bits per heavy atom. The second-order valence-corrected chi connectivity index (χ2v) is 5.51. The maximum atomic E-state index is 6.07. The molecule has 1 saturated heterocycles. The van der Waals surface area contributed by atoms with Gasteiger partial charge in [0.2, 0.25) is 11.2 Å². The summed E-state index contributed by atoms with van der Waals surface area (Å²) in [7, 11) is 0. The number of hydrogen-bond acceptors (Lipinski definition) is 5. The summed E-state index contributed by atoms with van der Waals surface area (Å²) in [6.07, 6.45) is 7.97. The molecule has 0 amide bonds. The predicted molar refractivity (Wildman–Crippen MR) is 81.6 cm³/mol. The maximum absolute atomic E-state index is 6.07. The lowest BCUT2D eigenvalue weighted by atomic mass is 10.1. The molecule has 21 heavy (non-hydrogen) atoms. The zero-order valence-electron chi connectivity index (χ0n) is 12.2. The fraction of sp³-hybridized carbons (Fsp3) is 0.571. The van der Waals surface area contributed by atoms with Gasteiger partial charge in [-0.3, -0.25) is 0 Å². The Hall–Kier alpha value is -1.69. The number of imidazole rings is 1. The van der Waals surface area contributed by atoms with E-state index in [2.05, 4.69) is 36.3 Å². The summed E-state index contributed by atoms with van der Waals surface area (Å²) in [6.45, 7) is 4.95. The van der Waals surface area contributed by atoms with Crippen molar-refractivity contribution < 1.29 is 0 Å². The van der Waals surface area contributed by atoms with Crippen LogP contribution in [-0.4, -0.2) is 37.6 Å². The first kappa shape index (κ1) is 14.3. The Kier molecular flexibility index (Phi) is 4.34. The van der Waals surface area contributed by atoms with Gasteiger partial charge in [0.25, 0.3) is 0 Å². The number of nitrogens with zero attached hydrogens (tertiary/aromatic N) is 6. The molecule has 3 heterocycles. The van der Waals surface area contributed by atoms with Gasteiger partial charge in [-0.05, 0) is 37.8 Å². The van der Waals surface area contributed by atoms with E-state index in [0.29, 0.717) is 18.2 Å². The Bertz CT molecular complexity index is 605. The Morgan fingerprint density at radius 2 is 1.95 bits per heavy atom. The van der Waals surface area contributed by atoms with Gasteiger partial charge in [-0.25, -0.2) is 9.97 Å². The number of anilines is 1. The van der Waals surface area contributed by atoms with Gasteiger partial charge in [0.05, 0.1) is 6.42 Å². The average molecular weight is 307 g/mol. The molecule has 6 nitrogen and oxygen atoms in total. The van der Waals surface area contributed by atoms with Crippen molar-refractivity contribution in [1.29, 1.82) is 0 Å². The van der Waals surface area contributed by atoms with Crippen LogP contribution in [0.2, 0.25) is 5.28 Å². The van der Waals surface area contributed by atoms with Crippen LogP contribution in [0.3, 0.4) is 0 Å². The van der Waals surface area contributed by atoms with Crippen molar-refractivity contribution >= 4 is 17.5 Å². The molecule has 0 atom stereocenters. The summed E-state index contributed by atoms with van der Waals surface area (Å²) in [6, 6.07) is 0. The summed E-state index contributed by atoms with van der Waals surface area (Å²) < 4.78 is 2.08. The molecule has 1 fully saturated rings. The van der Waals surface area contributed by atoms with Gasteiger partial charge in [0.15, 0.2) is 0 Å². The predicted octanol–water partition coefficient (Wildman–Crippen LogP) is 2.32. The van der Waals surface area contributed by atoms with Crippen molar-refractivity contribution in [1.82, 2.24) is 24.5 Å². The lowest BCUT2D eigenvalue weighted by Crippen LogP contribution is -2.31. The zero-order valence-corrected chi connectivity index (χ0v) is 12.9. The normalized spacial score (nSPS) is 15.4. The minimum Gasteiger partial charge on any atom is -0.341 e. The molecular weight excluding hydrogens is 288 g/mol. The highest BCUT2D eigenvalue weighted by Crippen LogP contribution is 2.18. The Labute approximate surface area is 129 Å². The van der Waals surface area contributed by atoms with Crippen LogP contribution >= 0.6 is 11.6 Å². The van der Waals surface area contributed by atoms with Gasteiger partial charge in [0.1, 0.15) is 11.6 Å². The largest absolute Gasteiger partial charge is 0.341 e. The fourth-order valence-electron chi connectivity index (χ4n) is 2.63. The highest BCUT2D eigenvalue weighted by atomic mass is 35.5. The molecule has 0 unspecified atom stereocenters. The smallest absolute Gasteiger partial charge is 0.229 e. The highest BCUT2D eigenvalue weighted by molar-refractivity contribution is 6.28. The lowest BCUT2D eigenvalue weighted by Gasteiger charge is -2.26. The fourth-order valence-corrected chi connectivity index (χ4v) is 2.80. The van der Waals surface area contributed by atoms with E-state index in [1.165, 1.54) is 19.3 Å². The van der Waals surface area contributed by atoms with Crippen LogP contribution in [-0.2, 0) is 13.0 Å². The summed E-state index contributed by atoms with van der Waals surface area (Å²) in [5, 5.41) is 0.259. The molecule has 112 valence electrons. The van der Waals surface area contributed by atoms with Crippen molar-refractivity contribution in [3.63, 3.8) is 0 Å². The van der Waals surface area contributed by atoms with Crippen LogP contribution < -0.4 is 4.90 Å². The summed E-state index contributed by atoms with van der Waals surface area (Å²) in [5.41, 5.74) is 0. The molecule has 0 N–H and O–H groups in total. The molecule has 0 bridgehead atoms. The maximum Gasteiger partial charge on any atom is 0.229 e. The van der Waals surface area contributed by atoms with Crippen LogP contribution in [0.15, 0.2) is 12.4 Å². The van der Waals surface area contributed by atoms with Crippen LogP contribution in [0.25, 0.3) is 0 Å². The van der Waals surface area contributed by atoms with E-state index < -0.39 is 0 Å². The third-order valence-corrected chi connectivity index (χ3v) is 3.91. The van der Waals surface area contributed by atoms with Gasteiger partial charge in [0, 0.05) is 32.0 Å². The third kappa shape index (κ3) is 3.32. The van der Waals surface area contributed by atoms with Crippen molar-refractivity contribution in [3.8, 4) is 0 Å². The SMILES string of the molecule is CCn1ccnc1Cc1nc(Cl)nc(N2CCCCC2)n1. The Morgan fingerprint density at radius 1 is 1.14 bits per heavy atom. The molecular formula is C14H19ClN6. The second kappa shape index (κ2) is 6.39. The summed E-state index contributed by atoms with van der Waals surface area (Å²) in [4.78, 5) is 19.6. The molecule has 3 rings (SSSR count). The van der Waals surface area contributed by atoms with Crippen molar-refractivity contribution in [2.75, 3.05) is 18.0 Å². The molecule has 2 aromatic rings. The number of aromatic nitrogens is 5. The van der Waals surface area contributed by atoms with E-state index in [1.807, 2.05) is 6.20 Å². The molecule has 0 spiro atoms. The van der Waals surface area contributed by atoms with E-state index in [4.69, 9.17) is 11.6 Å². The molecule has 1 aliphatic rings. The lowest BCUT2D eigenvalue weighted by molar-refractivity contribution is 0.565. The molecule has 7 heteroatoms. The monoisotopic (exact) mass is 306 g/mol. The molecule has 0 aromatic carbocycles. The van der Waals surface area contributed by atoms with Crippen LogP contribution in [0.1, 0.15) is 37.8 Å². The number of piperidine rings is 1. The topological polar surface area (TPSA) is 59.7 Å². The number of rotatable bonds is 4. The van der Waals surface area contributed by atoms with Crippen molar-refractivity contribution in [2.45, 2.75) is 39.2 Å². The summed E-state index contributed by atoms with van der Waals surface area (Å²) >= 11 is 6.07.